The fraction of sp³-hybridized carbons (Fsp3) is 0.273. The van der Waals surface area contributed by atoms with Crippen molar-refractivity contribution in [2.45, 2.75) is 33.6 Å². The molecule has 0 spiro atoms. The largest absolute Gasteiger partial charge is 0.437 e. The molecule has 4 aromatic rings. The number of ether oxygens (including phenoxy) is 1. The molecule has 0 N–H and O–H groups in total. The van der Waals surface area contributed by atoms with Crippen LogP contribution in [0.3, 0.4) is 0 Å². The lowest BCUT2D eigenvalue weighted by Crippen LogP contribution is -2.33. The standard InChI is InChI=1S/C22H22ClN6O3/c1-5-19-26-20(31-28-19)7-6-16-11-24-12-17(13(16)2)30-21-9-15(8-18(23)25-21)10-22-29(4)14(3)27-32-22/h6-9,11-12H,5,10H2,1-4H3/q+1/b7-6+. The van der Waals surface area contributed by atoms with Gasteiger partial charge in [0.2, 0.25) is 5.88 Å². The molecule has 0 bridgehead atoms. The molecule has 164 valence electrons. The zero-order chi connectivity index (χ0) is 22.7. The van der Waals surface area contributed by atoms with Crippen LogP contribution in [0.1, 0.15) is 47.0 Å². The van der Waals surface area contributed by atoms with E-state index in [4.69, 9.17) is 25.4 Å². The summed E-state index contributed by atoms with van der Waals surface area (Å²) in [5, 5.41) is 8.18. The molecule has 0 saturated heterocycles. The highest BCUT2D eigenvalue weighted by Gasteiger charge is 2.18. The summed E-state index contributed by atoms with van der Waals surface area (Å²) < 4.78 is 18.5. The van der Waals surface area contributed by atoms with E-state index in [1.807, 2.05) is 44.5 Å². The van der Waals surface area contributed by atoms with Gasteiger partial charge in [-0.3, -0.25) is 4.98 Å². The highest BCUT2D eigenvalue weighted by molar-refractivity contribution is 6.29. The van der Waals surface area contributed by atoms with Crippen LogP contribution in [-0.2, 0) is 19.9 Å². The van der Waals surface area contributed by atoms with Gasteiger partial charge in [-0.15, -0.1) is 0 Å². The van der Waals surface area contributed by atoms with Crippen molar-refractivity contribution in [3.63, 3.8) is 0 Å². The van der Waals surface area contributed by atoms with Crippen LogP contribution in [0.4, 0.5) is 0 Å². The van der Waals surface area contributed by atoms with E-state index in [0.29, 0.717) is 47.2 Å². The molecule has 9 nitrogen and oxygen atoms in total. The maximum Gasteiger partial charge on any atom is 0.345 e. The van der Waals surface area contributed by atoms with E-state index >= 15 is 0 Å². The number of rotatable bonds is 7. The van der Waals surface area contributed by atoms with Crippen LogP contribution in [-0.4, -0.2) is 25.3 Å². The van der Waals surface area contributed by atoms with Crippen LogP contribution < -0.4 is 9.30 Å². The lowest BCUT2D eigenvalue weighted by molar-refractivity contribution is -0.688. The van der Waals surface area contributed by atoms with E-state index in [1.165, 1.54) is 0 Å². The molecule has 32 heavy (non-hydrogen) atoms. The van der Waals surface area contributed by atoms with Gasteiger partial charge in [0.1, 0.15) is 5.15 Å². The van der Waals surface area contributed by atoms with Gasteiger partial charge in [0, 0.05) is 37.2 Å². The van der Waals surface area contributed by atoms with Gasteiger partial charge in [-0.25, -0.2) is 9.51 Å². The molecule has 4 rings (SSSR count). The Hall–Kier alpha value is -3.59. The van der Waals surface area contributed by atoms with Crippen LogP contribution in [0.2, 0.25) is 5.15 Å². The second kappa shape index (κ2) is 9.27. The van der Waals surface area contributed by atoms with Crippen molar-refractivity contribution >= 4 is 23.8 Å². The Morgan fingerprint density at radius 3 is 2.66 bits per heavy atom. The summed E-state index contributed by atoms with van der Waals surface area (Å²) in [4.78, 5) is 12.8. The highest BCUT2D eigenvalue weighted by Crippen LogP contribution is 2.28. The van der Waals surface area contributed by atoms with Gasteiger partial charge in [-0.1, -0.05) is 23.7 Å². The molecule has 0 aliphatic heterocycles. The quantitative estimate of drug-likeness (QED) is 0.305. The predicted octanol–water partition coefficient (Wildman–Crippen LogP) is 4.06. The van der Waals surface area contributed by atoms with E-state index in [0.717, 1.165) is 22.5 Å². The number of pyridine rings is 2. The third-order valence-corrected chi connectivity index (χ3v) is 5.15. The Labute approximate surface area is 189 Å². The average molecular weight is 454 g/mol. The molecule has 0 amide bonds. The van der Waals surface area contributed by atoms with Crippen LogP contribution in [0.25, 0.3) is 12.2 Å². The number of hydrogen-bond acceptors (Lipinski definition) is 8. The maximum absolute atomic E-state index is 6.24. The van der Waals surface area contributed by atoms with Gasteiger partial charge < -0.3 is 9.26 Å². The van der Waals surface area contributed by atoms with Gasteiger partial charge in [-0.05, 0) is 30.2 Å². The average Bonchev–Trinajstić information content (AvgIpc) is 3.36. The Balaban J connectivity index is 1.55. The van der Waals surface area contributed by atoms with Crippen molar-refractivity contribution < 1.29 is 18.4 Å². The van der Waals surface area contributed by atoms with Crippen molar-refractivity contribution in [3.05, 3.63) is 69.8 Å². The third-order valence-electron chi connectivity index (χ3n) is 4.96. The number of aryl methyl sites for hydroxylation is 2. The van der Waals surface area contributed by atoms with Crippen molar-refractivity contribution in [1.29, 1.82) is 0 Å². The van der Waals surface area contributed by atoms with Crippen LogP contribution in [0.5, 0.6) is 11.6 Å². The molecule has 0 atom stereocenters. The lowest BCUT2D eigenvalue weighted by atomic mass is 10.1. The molecule has 0 aliphatic carbocycles. The first-order chi connectivity index (χ1) is 15.4. The molecule has 0 fully saturated rings. The van der Waals surface area contributed by atoms with E-state index in [-0.39, 0.29) is 0 Å². The minimum atomic E-state index is 0.321. The van der Waals surface area contributed by atoms with Gasteiger partial charge in [0.15, 0.2) is 16.7 Å². The number of aromatic nitrogens is 6. The Kier molecular flexibility index (Phi) is 6.27. The van der Waals surface area contributed by atoms with Crippen LogP contribution in [0.15, 0.2) is 33.6 Å². The Morgan fingerprint density at radius 1 is 1.09 bits per heavy atom. The molecule has 0 unspecified atom stereocenters. The zero-order valence-electron chi connectivity index (χ0n) is 18.2. The monoisotopic (exact) mass is 453 g/mol. The molecule has 0 radical (unpaired) electrons. The van der Waals surface area contributed by atoms with Crippen LogP contribution in [0, 0.1) is 13.8 Å². The fourth-order valence-electron chi connectivity index (χ4n) is 2.97. The molecule has 4 heterocycles. The fourth-order valence-corrected chi connectivity index (χ4v) is 3.19. The zero-order valence-corrected chi connectivity index (χ0v) is 18.9. The van der Waals surface area contributed by atoms with Crippen LogP contribution >= 0.6 is 11.6 Å². The summed E-state index contributed by atoms with van der Waals surface area (Å²) in [6.45, 7) is 5.78. The van der Waals surface area contributed by atoms with Gasteiger partial charge in [-0.2, -0.15) is 9.55 Å². The molecule has 10 heteroatoms. The van der Waals surface area contributed by atoms with Crippen molar-refractivity contribution in [2.24, 2.45) is 7.05 Å². The number of halogens is 1. The van der Waals surface area contributed by atoms with Crippen molar-refractivity contribution in [2.75, 3.05) is 0 Å². The third kappa shape index (κ3) is 4.83. The first-order valence-electron chi connectivity index (χ1n) is 10.0. The predicted molar refractivity (Wildman–Crippen MR) is 116 cm³/mol. The summed E-state index contributed by atoms with van der Waals surface area (Å²) in [5.41, 5.74) is 2.62. The SMILES string of the molecule is CCc1noc(/C=C/c2cncc(Oc3cc(Cc4onc(C)[n+]4C)cc(Cl)n3)c2C)n1. The second-order valence-corrected chi connectivity index (χ2v) is 7.57. The van der Waals surface area contributed by atoms with Crippen molar-refractivity contribution in [3.8, 4) is 11.6 Å². The Bertz CT molecular complexity index is 1280. The highest BCUT2D eigenvalue weighted by atomic mass is 35.5. The summed E-state index contributed by atoms with van der Waals surface area (Å²) in [7, 11) is 1.90. The minimum Gasteiger partial charge on any atom is -0.437 e. The van der Waals surface area contributed by atoms with Gasteiger partial charge >= 0.3 is 11.7 Å². The van der Waals surface area contributed by atoms with E-state index in [2.05, 4.69) is 25.3 Å². The van der Waals surface area contributed by atoms with Gasteiger partial charge in [0.05, 0.1) is 19.7 Å². The number of nitrogens with zero attached hydrogens (tertiary/aromatic N) is 6. The van der Waals surface area contributed by atoms with Gasteiger partial charge in [0.25, 0.3) is 5.89 Å². The number of hydrogen-bond donors (Lipinski definition) is 0. The topological polar surface area (TPSA) is 104 Å². The summed E-state index contributed by atoms with van der Waals surface area (Å²) in [5.74, 6) is 3.51. The molecule has 0 saturated carbocycles. The molecule has 0 aromatic carbocycles. The second-order valence-electron chi connectivity index (χ2n) is 7.19. The smallest absolute Gasteiger partial charge is 0.345 e. The van der Waals surface area contributed by atoms with E-state index < -0.39 is 0 Å². The van der Waals surface area contributed by atoms with E-state index in [9.17, 15) is 0 Å². The minimum absolute atomic E-state index is 0.321. The first-order valence-corrected chi connectivity index (χ1v) is 10.4. The van der Waals surface area contributed by atoms with Crippen molar-refractivity contribution in [1.82, 2.24) is 25.3 Å². The summed E-state index contributed by atoms with van der Waals surface area (Å²) in [6, 6.07) is 3.59. The van der Waals surface area contributed by atoms with E-state index in [1.54, 1.807) is 24.5 Å². The molecular formula is C22H22ClN6O3+. The summed E-state index contributed by atoms with van der Waals surface area (Å²) in [6.07, 6.45) is 8.18. The summed E-state index contributed by atoms with van der Waals surface area (Å²) >= 11 is 6.24. The lowest BCUT2D eigenvalue weighted by Gasteiger charge is -2.10. The molecular weight excluding hydrogens is 432 g/mol. The Morgan fingerprint density at radius 2 is 1.94 bits per heavy atom. The molecule has 0 aliphatic rings. The normalized spacial score (nSPS) is 11.4. The molecule has 4 aromatic heterocycles. The first kappa shape index (κ1) is 21.6. The maximum atomic E-state index is 6.24.